The van der Waals surface area contributed by atoms with Gasteiger partial charge in [0.25, 0.3) is 0 Å². The molecule has 1 aliphatic rings. The van der Waals surface area contributed by atoms with Crippen molar-refractivity contribution in [2.24, 2.45) is 0 Å². The number of rotatable bonds is 4. The van der Waals surface area contributed by atoms with Crippen LogP contribution < -0.4 is 9.64 Å². The van der Waals surface area contributed by atoms with Gasteiger partial charge in [0.2, 0.25) is 0 Å². The van der Waals surface area contributed by atoms with Crippen LogP contribution in [0.3, 0.4) is 0 Å². The first kappa shape index (κ1) is 20.7. The van der Waals surface area contributed by atoms with Gasteiger partial charge in [-0.2, -0.15) is 13.2 Å². The molecule has 0 radical (unpaired) electrons. The van der Waals surface area contributed by atoms with Crippen LogP contribution >= 0.6 is 0 Å². The lowest BCUT2D eigenvalue weighted by atomic mass is 10.1. The van der Waals surface area contributed by atoms with E-state index in [1.807, 2.05) is 45.6 Å². The molecule has 0 N–H and O–H groups in total. The molecule has 0 unspecified atom stereocenters. The molecule has 30 heavy (non-hydrogen) atoms. The summed E-state index contributed by atoms with van der Waals surface area (Å²) in [5.74, 6) is 0.562. The SMILES string of the molecule is COc1ccc2ccccc2c1[S@@](=O)N1CCN(c2cccc(C(F)(F)F)c2)CC1. The molecule has 0 saturated carbocycles. The van der Waals surface area contributed by atoms with Crippen LogP contribution in [0.1, 0.15) is 5.56 Å². The fraction of sp³-hybridized carbons (Fsp3) is 0.273. The number of methoxy groups -OCH3 is 1. The molecule has 3 aromatic rings. The van der Waals surface area contributed by atoms with Gasteiger partial charge in [-0.1, -0.05) is 36.4 Å². The van der Waals surface area contributed by atoms with Crippen molar-refractivity contribution >= 4 is 27.4 Å². The van der Waals surface area contributed by atoms with Gasteiger partial charge in [0.15, 0.2) is 0 Å². The van der Waals surface area contributed by atoms with E-state index < -0.39 is 22.7 Å². The zero-order valence-electron chi connectivity index (χ0n) is 16.4. The van der Waals surface area contributed by atoms with Crippen LogP contribution in [0.4, 0.5) is 18.9 Å². The number of hydrogen-bond donors (Lipinski definition) is 0. The van der Waals surface area contributed by atoms with Gasteiger partial charge in [-0.05, 0) is 29.7 Å². The highest BCUT2D eigenvalue weighted by atomic mass is 32.2. The van der Waals surface area contributed by atoms with Crippen LogP contribution in [-0.2, 0) is 17.2 Å². The van der Waals surface area contributed by atoms with Gasteiger partial charge in [0.05, 0.1) is 12.7 Å². The number of hydrogen-bond acceptors (Lipinski definition) is 3. The Morgan fingerprint density at radius 1 is 0.933 bits per heavy atom. The lowest BCUT2D eigenvalue weighted by Crippen LogP contribution is -2.47. The van der Waals surface area contributed by atoms with E-state index in [1.165, 1.54) is 12.1 Å². The Labute approximate surface area is 175 Å². The summed E-state index contributed by atoms with van der Waals surface area (Å²) in [6.07, 6.45) is -4.37. The minimum absolute atomic E-state index is 0.467. The van der Waals surface area contributed by atoms with Crippen LogP contribution in [0.2, 0.25) is 0 Å². The molecule has 1 heterocycles. The van der Waals surface area contributed by atoms with Gasteiger partial charge in [-0.3, -0.25) is 0 Å². The second-order valence-corrected chi connectivity index (χ2v) is 8.45. The Hall–Kier alpha value is -2.58. The molecule has 158 valence electrons. The zero-order chi connectivity index (χ0) is 21.3. The summed E-state index contributed by atoms with van der Waals surface area (Å²) < 4.78 is 59.8. The third-order valence-corrected chi connectivity index (χ3v) is 6.85. The molecule has 1 fully saturated rings. The van der Waals surface area contributed by atoms with Gasteiger partial charge >= 0.3 is 6.18 Å². The molecule has 0 aromatic heterocycles. The minimum atomic E-state index is -4.37. The molecule has 3 aromatic carbocycles. The molecule has 0 spiro atoms. The van der Waals surface area contributed by atoms with Crippen molar-refractivity contribution in [3.63, 3.8) is 0 Å². The average molecular weight is 434 g/mol. The van der Waals surface area contributed by atoms with E-state index in [4.69, 9.17) is 4.74 Å². The molecular formula is C22H21F3N2O2S. The number of alkyl halides is 3. The number of benzene rings is 3. The van der Waals surface area contributed by atoms with Crippen molar-refractivity contribution in [2.45, 2.75) is 11.1 Å². The fourth-order valence-corrected chi connectivity index (χ4v) is 5.13. The van der Waals surface area contributed by atoms with E-state index in [-0.39, 0.29) is 0 Å². The highest BCUT2D eigenvalue weighted by Gasteiger charge is 2.31. The summed E-state index contributed by atoms with van der Waals surface area (Å²) in [6.45, 7) is 1.91. The lowest BCUT2D eigenvalue weighted by Gasteiger charge is -2.35. The molecule has 0 bridgehead atoms. The third-order valence-electron chi connectivity index (χ3n) is 5.25. The molecule has 0 amide bonds. The standard InChI is InChI=1S/C22H21F3N2O2S/c1-29-20-10-9-16-5-2-3-8-19(16)21(20)30(28)27-13-11-26(12-14-27)18-7-4-6-17(15-18)22(23,24)25/h2-10,15H,11-14H2,1H3/t30-/m1/s1. The molecule has 4 rings (SSSR count). The van der Waals surface area contributed by atoms with E-state index in [0.717, 1.165) is 16.8 Å². The Balaban J connectivity index is 1.54. The first-order valence-electron chi connectivity index (χ1n) is 9.53. The second kappa shape index (κ2) is 8.28. The maximum Gasteiger partial charge on any atom is 0.416 e. The Bertz CT molecular complexity index is 1080. The number of halogens is 3. The monoisotopic (exact) mass is 434 g/mol. The summed E-state index contributed by atoms with van der Waals surface area (Å²) >= 11 is 0. The van der Waals surface area contributed by atoms with Crippen molar-refractivity contribution in [3.05, 3.63) is 66.2 Å². The van der Waals surface area contributed by atoms with Crippen LogP contribution in [-0.4, -0.2) is 41.8 Å². The van der Waals surface area contributed by atoms with Crippen molar-refractivity contribution in [2.75, 3.05) is 38.2 Å². The van der Waals surface area contributed by atoms with E-state index >= 15 is 0 Å². The van der Waals surface area contributed by atoms with Crippen LogP contribution in [0.5, 0.6) is 5.75 Å². The predicted octanol–water partition coefficient (Wildman–Crippen LogP) is 4.71. The average Bonchev–Trinajstić information content (AvgIpc) is 2.77. The van der Waals surface area contributed by atoms with Crippen LogP contribution in [0, 0.1) is 0 Å². The summed E-state index contributed by atoms with van der Waals surface area (Å²) in [4.78, 5) is 2.52. The Morgan fingerprint density at radius 2 is 1.67 bits per heavy atom. The van der Waals surface area contributed by atoms with Crippen LogP contribution in [0.15, 0.2) is 65.6 Å². The first-order valence-corrected chi connectivity index (χ1v) is 10.6. The number of nitrogens with zero attached hydrogens (tertiary/aromatic N) is 2. The summed E-state index contributed by atoms with van der Waals surface area (Å²) in [6, 6.07) is 16.8. The second-order valence-electron chi connectivity index (χ2n) is 7.03. The van der Waals surface area contributed by atoms with Gasteiger partial charge in [0.1, 0.15) is 21.6 Å². The molecular weight excluding hydrogens is 413 g/mol. The third kappa shape index (κ3) is 4.02. The number of anilines is 1. The highest BCUT2D eigenvalue weighted by Crippen LogP contribution is 2.34. The molecule has 4 nitrogen and oxygen atoms in total. The van der Waals surface area contributed by atoms with E-state index in [2.05, 4.69) is 0 Å². The predicted molar refractivity (Wildman–Crippen MR) is 112 cm³/mol. The maximum absolute atomic E-state index is 13.4. The smallest absolute Gasteiger partial charge is 0.416 e. The molecule has 1 atom stereocenters. The fourth-order valence-electron chi connectivity index (χ4n) is 3.68. The summed E-state index contributed by atoms with van der Waals surface area (Å²) in [5, 5.41) is 1.85. The van der Waals surface area contributed by atoms with Crippen molar-refractivity contribution < 1.29 is 22.1 Å². The Morgan fingerprint density at radius 3 is 2.37 bits per heavy atom. The molecule has 1 saturated heterocycles. The van der Waals surface area contributed by atoms with Gasteiger partial charge in [0, 0.05) is 37.3 Å². The molecule has 0 aliphatic carbocycles. The number of piperazine rings is 1. The molecule has 8 heteroatoms. The van der Waals surface area contributed by atoms with Crippen molar-refractivity contribution in [3.8, 4) is 5.75 Å². The van der Waals surface area contributed by atoms with Crippen LogP contribution in [0.25, 0.3) is 10.8 Å². The van der Waals surface area contributed by atoms with Gasteiger partial charge < -0.3 is 9.64 Å². The topological polar surface area (TPSA) is 32.8 Å². The maximum atomic E-state index is 13.4. The van der Waals surface area contributed by atoms with Crippen molar-refractivity contribution in [1.82, 2.24) is 4.31 Å². The number of fused-ring (bicyclic) bond motifs is 1. The summed E-state index contributed by atoms with van der Waals surface area (Å²) in [7, 11) is 0.108. The summed E-state index contributed by atoms with van der Waals surface area (Å²) in [5.41, 5.74) is -0.135. The first-order chi connectivity index (χ1) is 14.4. The normalized spacial score (nSPS) is 16.6. The quantitative estimate of drug-likeness (QED) is 0.596. The van der Waals surface area contributed by atoms with E-state index in [0.29, 0.717) is 42.5 Å². The lowest BCUT2D eigenvalue weighted by molar-refractivity contribution is -0.137. The van der Waals surface area contributed by atoms with E-state index in [9.17, 15) is 17.4 Å². The largest absolute Gasteiger partial charge is 0.495 e. The number of ether oxygens (including phenoxy) is 1. The highest BCUT2D eigenvalue weighted by molar-refractivity contribution is 7.83. The molecule has 1 aliphatic heterocycles. The zero-order valence-corrected chi connectivity index (χ0v) is 17.2. The Kier molecular flexibility index (Phi) is 5.71. The van der Waals surface area contributed by atoms with Gasteiger partial charge in [-0.25, -0.2) is 8.51 Å². The van der Waals surface area contributed by atoms with E-state index in [1.54, 1.807) is 13.2 Å². The van der Waals surface area contributed by atoms with Gasteiger partial charge in [-0.15, -0.1) is 0 Å². The van der Waals surface area contributed by atoms with Crippen molar-refractivity contribution in [1.29, 1.82) is 0 Å². The minimum Gasteiger partial charge on any atom is -0.495 e.